The molecule has 4 rings (SSSR count). The Balaban J connectivity index is 1.54. The summed E-state index contributed by atoms with van der Waals surface area (Å²) in [5.74, 6) is -2.90. The number of aromatic amines is 1. The number of nitrogens with two attached hydrogens (primary N) is 1. The molecule has 164 valence electrons. The van der Waals surface area contributed by atoms with Crippen LogP contribution >= 0.6 is 11.3 Å². The molecule has 1 saturated carbocycles. The number of nitrogen functional groups attached to an aromatic ring is 1. The zero-order valence-corrected chi connectivity index (χ0v) is 16.5. The van der Waals surface area contributed by atoms with Gasteiger partial charge in [-0.2, -0.15) is 5.21 Å². The molecule has 14 nitrogen and oxygen atoms in total. The molecule has 1 aliphatic carbocycles. The summed E-state index contributed by atoms with van der Waals surface area (Å²) >= 11 is 1.02. The number of nitrogens with one attached hydrogen (secondary N) is 2. The maximum atomic E-state index is 13.5. The second-order valence-electron chi connectivity index (χ2n) is 6.85. The average molecular weight is 453 g/mol. The molecule has 5 N–H and O–H groups in total. The number of aliphatic carboxylic acids is 1. The van der Waals surface area contributed by atoms with E-state index in [9.17, 15) is 23.9 Å². The number of H-pyrrole nitrogens is 1. The van der Waals surface area contributed by atoms with Gasteiger partial charge in [0.15, 0.2) is 10.8 Å². The predicted molar refractivity (Wildman–Crippen MR) is 102 cm³/mol. The van der Waals surface area contributed by atoms with E-state index in [1.54, 1.807) is 0 Å². The number of alkyl halides is 1. The van der Waals surface area contributed by atoms with Crippen molar-refractivity contribution in [1.82, 2.24) is 30.9 Å². The van der Waals surface area contributed by atoms with Crippen molar-refractivity contribution in [3.63, 3.8) is 0 Å². The number of carboxylic acids is 1. The lowest BCUT2D eigenvalue weighted by atomic mass is 9.80. The topological polar surface area (TPSA) is 202 Å². The van der Waals surface area contributed by atoms with Gasteiger partial charge in [0.25, 0.3) is 17.8 Å². The summed E-state index contributed by atoms with van der Waals surface area (Å²) < 4.78 is 13.5. The SMILES string of the molecule is Nc1nc(/C(=N\OC2(C(=O)O)CCC2)C(=O)N[C@@H]2C(=O)N(c3nn[nH]n3)[C@@H]2CF)cs1. The molecule has 31 heavy (non-hydrogen) atoms. The van der Waals surface area contributed by atoms with Crippen LogP contribution in [0.1, 0.15) is 25.0 Å². The molecule has 1 saturated heterocycles. The van der Waals surface area contributed by atoms with Gasteiger partial charge in [0, 0.05) is 18.2 Å². The highest BCUT2D eigenvalue weighted by Gasteiger charge is 2.52. The fourth-order valence-electron chi connectivity index (χ4n) is 3.15. The lowest BCUT2D eigenvalue weighted by molar-refractivity contribution is -0.178. The second kappa shape index (κ2) is 7.86. The van der Waals surface area contributed by atoms with Gasteiger partial charge in [-0.05, 0) is 11.6 Å². The van der Waals surface area contributed by atoms with Gasteiger partial charge in [0.05, 0.1) is 6.04 Å². The Morgan fingerprint density at radius 1 is 1.52 bits per heavy atom. The summed E-state index contributed by atoms with van der Waals surface area (Å²) in [4.78, 5) is 46.9. The van der Waals surface area contributed by atoms with Crippen LogP contribution in [-0.4, -0.2) is 78.6 Å². The Morgan fingerprint density at radius 2 is 2.29 bits per heavy atom. The van der Waals surface area contributed by atoms with Crippen molar-refractivity contribution in [2.24, 2.45) is 5.16 Å². The quantitative estimate of drug-likeness (QED) is 0.214. The molecule has 2 aromatic heterocycles. The van der Waals surface area contributed by atoms with E-state index in [0.717, 1.165) is 16.2 Å². The Kier molecular flexibility index (Phi) is 5.22. The van der Waals surface area contributed by atoms with Crippen LogP contribution in [0.4, 0.5) is 15.5 Å². The van der Waals surface area contributed by atoms with E-state index >= 15 is 0 Å². The highest BCUT2D eigenvalue weighted by atomic mass is 32.1. The number of carboxylic acid groups (broad SMARTS) is 1. The maximum absolute atomic E-state index is 13.5. The Labute approximate surface area is 176 Å². The third-order valence-electron chi connectivity index (χ3n) is 5.06. The first-order valence-corrected chi connectivity index (χ1v) is 9.88. The second-order valence-corrected chi connectivity index (χ2v) is 7.74. The number of anilines is 2. The molecule has 2 amide bonds. The summed E-state index contributed by atoms with van der Waals surface area (Å²) in [7, 11) is 0. The van der Waals surface area contributed by atoms with Gasteiger partial charge >= 0.3 is 5.97 Å². The molecule has 2 fully saturated rings. The number of thiazole rings is 1. The molecule has 2 aromatic rings. The summed E-state index contributed by atoms with van der Waals surface area (Å²) in [6.45, 7) is -0.986. The van der Waals surface area contributed by atoms with E-state index in [4.69, 9.17) is 10.6 Å². The van der Waals surface area contributed by atoms with Gasteiger partial charge in [0.2, 0.25) is 5.60 Å². The van der Waals surface area contributed by atoms with E-state index in [1.165, 1.54) is 5.38 Å². The first-order chi connectivity index (χ1) is 14.9. The Morgan fingerprint density at radius 3 is 2.81 bits per heavy atom. The predicted octanol–water partition coefficient (Wildman–Crippen LogP) is -1.16. The minimum Gasteiger partial charge on any atom is -0.478 e. The highest BCUT2D eigenvalue weighted by Crippen LogP contribution is 2.36. The first kappa shape index (κ1) is 20.6. The van der Waals surface area contributed by atoms with Crippen molar-refractivity contribution in [3.8, 4) is 0 Å². The molecule has 0 unspecified atom stereocenters. The molecule has 0 spiro atoms. The smallest absolute Gasteiger partial charge is 0.350 e. The number of rotatable bonds is 8. The van der Waals surface area contributed by atoms with Gasteiger partial charge in [-0.15, -0.1) is 16.4 Å². The molecular weight excluding hydrogens is 437 g/mol. The van der Waals surface area contributed by atoms with Crippen molar-refractivity contribution in [2.45, 2.75) is 36.9 Å². The molecule has 0 radical (unpaired) electrons. The Bertz CT molecular complexity index is 1040. The number of halogens is 1. The molecule has 2 aliphatic rings. The van der Waals surface area contributed by atoms with Crippen molar-refractivity contribution in [2.75, 3.05) is 17.3 Å². The van der Waals surface area contributed by atoms with E-state index < -0.39 is 42.1 Å². The van der Waals surface area contributed by atoms with Gasteiger partial charge in [-0.25, -0.2) is 14.2 Å². The summed E-state index contributed by atoms with van der Waals surface area (Å²) in [5.41, 5.74) is 3.72. The molecule has 0 aromatic carbocycles. The van der Waals surface area contributed by atoms with Crippen LogP contribution in [0.15, 0.2) is 10.5 Å². The fraction of sp³-hybridized carbons (Fsp3) is 0.467. The first-order valence-electron chi connectivity index (χ1n) is 9.00. The number of hydrogen-bond donors (Lipinski definition) is 4. The number of aromatic nitrogens is 5. The monoisotopic (exact) mass is 453 g/mol. The molecular formula is C15H16FN9O5S. The number of carbonyl (C=O) groups is 3. The normalized spacial score (nSPS) is 22.4. The summed E-state index contributed by atoms with van der Waals surface area (Å²) in [6.07, 6.45) is 1.09. The minimum absolute atomic E-state index is 0.0263. The third-order valence-corrected chi connectivity index (χ3v) is 5.73. The van der Waals surface area contributed by atoms with Crippen molar-refractivity contribution in [3.05, 3.63) is 11.1 Å². The summed E-state index contributed by atoms with van der Waals surface area (Å²) in [5, 5.41) is 29.8. The third kappa shape index (κ3) is 3.54. The molecule has 1 aliphatic heterocycles. The largest absolute Gasteiger partial charge is 0.478 e. The average Bonchev–Trinajstić information content (AvgIpc) is 3.37. The zero-order valence-electron chi connectivity index (χ0n) is 15.7. The number of hydrogen-bond acceptors (Lipinski definition) is 11. The van der Waals surface area contributed by atoms with Gasteiger partial charge in [-0.1, -0.05) is 10.3 Å². The van der Waals surface area contributed by atoms with E-state index in [0.29, 0.717) is 6.42 Å². The molecule has 16 heteroatoms. The minimum atomic E-state index is -1.53. The number of β-lactam (4-membered cyclic amide) rings is 1. The fourth-order valence-corrected chi connectivity index (χ4v) is 3.70. The van der Waals surface area contributed by atoms with Gasteiger partial charge < -0.3 is 21.0 Å². The van der Waals surface area contributed by atoms with Crippen LogP contribution in [0.2, 0.25) is 0 Å². The van der Waals surface area contributed by atoms with Crippen molar-refractivity contribution in [1.29, 1.82) is 0 Å². The van der Waals surface area contributed by atoms with E-state index in [2.05, 4.69) is 36.1 Å². The maximum Gasteiger partial charge on any atom is 0.350 e. The van der Waals surface area contributed by atoms with Crippen LogP contribution < -0.4 is 16.0 Å². The zero-order chi connectivity index (χ0) is 22.2. The molecule has 0 bridgehead atoms. The lowest BCUT2D eigenvalue weighted by Crippen LogP contribution is -2.72. The van der Waals surface area contributed by atoms with Gasteiger partial charge in [-0.3, -0.25) is 14.5 Å². The number of amides is 2. The standard InChI is InChI=1S/C15H16FN9O5S/c16-4-7-9(11(27)25(7)14-20-23-24-21-14)19-10(26)8(6-5-31-13(17)18-6)22-30-15(12(28)29)2-1-3-15/h5,7,9H,1-4H2,(H2,17,18)(H,19,26)(H,28,29)(H,20,21,23,24)/b22-8+/t7-,9+/m1/s1. The molecule has 2 atom stereocenters. The highest BCUT2D eigenvalue weighted by molar-refractivity contribution is 7.13. The summed E-state index contributed by atoms with van der Waals surface area (Å²) in [6, 6.07) is -2.29. The van der Waals surface area contributed by atoms with Crippen LogP contribution in [0.25, 0.3) is 0 Å². The van der Waals surface area contributed by atoms with Crippen molar-refractivity contribution < 1.29 is 28.7 Å². The van der Waals surface area contributed by atoms with Crippen LogP contribution in [-0.2, 0) is 19.2 Å². The van der Waals surface area contributed by atoms with Crippen LogP contribution in [0.3, 0.4) is 0 Å². The number of tetrazole rings is 1. The van der Waals surface area contributed by atoms with Gasteiger partial charge in [0.1, 0.15) is 18.4 Å². The molecule has 3 heterocycles. The van der Waals surface area contributed by atoms with Crippen molar-refractivity contribution >= 4 is 45.9 Å². The number of carbonyl (C=O) groups excluding carboxylic acids is 2. The van der Waals surface area contributed by atoms with E-state index in [1.807, 2.05) is 0 Å². The number of oxime groups is 1. The lowest BCUT2D eigenvalue weighted by Gasteiger charge is -2.43. The number of nitrogens with zero attached hydrogens (tertiary/aromatic N) is 6. The Hall–Kier alpha value is -3.69. The van der Waals surface area contributed by atoms with Crippen LogP contribution in [0, 0.1) is 0 Å². The van der Waals surface area contributed by atoms with E-state index in [-0.39, 0.29) is 35.3 Å². The van der Waals surface area contributed by atoms with Crippen LogP contribution in [0.5, 0.6) is 0 Å².